The first-order valence-corrected chi connectivity index (χ1v) is 9.37. The molecule has 0 heteroatoms. The summed E-state index contributed by atoms with van der Waals surface area (Å²) in [4.78, 5) is 0. The van der Waals surface area contributed by atoms with Gasteiger partial charge >= 0.3 is 0 Å². The van der Waals surface area contributed by atoms with Gasteiger partial charge in [0.2, 0.25) is 0 Å². The Morgan fingerprint density at radius 2 is 1.48 bits per heavy atom. The molecular formula is C27H18. The third-order valence-electron chi connectivity index (χ3n) is 5.14. The lowest BCUT2D eigenvalue weighted by Gasteiger charge is -2.02. The third-order valence-corrected chi connectivity index (χ3v) is 5.14. The molecule has 0 fully saturated rings. The zero-order valence-corrected chi connectivity index (χ0v) is 15.0. The van der Waals surface area contributed by atoms with Crippen molar-refractivity contribution in [3.63, 3.8) is 0 Å². The molecule has 0 unspecified atom stereocenters. The first-order chi connectivity index (χ1) is 13.3. The van der Waals surface area contributed by atoms with Crippen LogP contribution in [0.15, 0.2) is 84.5 Å². The lowest BCUT2D eigenvalue weighted by atomic mass is 10.0. The standard InChI is InChI=1S/C27H18/c1-2-6-20(5-1)9-11-22-13-15-26-24(17-22)19-25-18-23(14-16-27(25)26)12-10-21-7-3-4-8-21/h1-3,5-8,13-18,20H,4,19H2. The summed E-state index contributed by atoms with van der Waals surface area (Å²) in [6, 6.07) is 13.2. The fourth-order valence-corrected chi connectivity index (χ4v) is 3.76. The van der Waals surface area contributed by atoms with Crippen molar-refractivity contribution in [1.82, 2.24) is 0 Å². The Morgan fingerprint density at radius 1 is 0.778 bits per heavy atom. The number of fused-ring (bicyclic) bond motifs is 3. The van der Waals surface area contributed by atoms with Gasteiger partial charge in [-0.3, -0.25) is 0 Å². The van der Waals surface area contributed by atoms with Crippen molar-refractivity contribution in [2.75, 3.05) is 0 Å². The van der Waals surface area contributed by atoms with Gasteiger partial charge in [-0.15, -0.1) is 0 Å². The number of hydrogen-bond donors (Lipinski definition) is 0. The minimum absolute atomic E-state index is 0.251. The van der Waals surface area contributed by atoms with Crippen LogP contribution >= 0.6 is 0 Å². The fourth-order valence-electron chi connectivity index (χ4n) is 3.76. The highest BCUT2D eigenvalue weighted by atomic mass is 14.2. The van der Waals surface area contributed by atoms with E-state index in [9.17, 15) is 0 Å². The zero-order valence-electron chi connectivity index (χ0n) is 15.0. The molecule has 2 aromatic rings. The molecule has 0 aromatic heterocycles. The van der Waals surface area contributed by atoms with Gasteiger partial charge in [-0.2, -0.15) is 0 Å². The molecule has 0 nitrogen and oxygen atoms in total. The Morgan fingerprint density at radius 3 is 2.15 bits per heavy atom. The van der Waals surface area contributed by atoms with Crippen molar-refractivity contribution in [3.8, 4) is 34.8 Å². The van der Waals surface area contributed by atoms with Crippen molar-refractivity contribution >= 4 is 0 Å². The predicted octanol–water partition coefficient (Wildman–Crippen LogP) is 5.59. The van der Waals surface area contributed by atoms with Crippen LogP contribution in [0.2, 0.25) is 0 Å². The van der Waals surface area contributed by atoms with Gasteiger partial charge in [-0.25, -0.2) is 0 Å². The topological polar surface area (TPSA) is 0 Å². The van der Waals surface area contributed by atoms with E-state index in [1.807, 2.05) is 0 Å². The van der Waals surface area contributed by atoms with Crippen molar-refractivity contribution in [2.24, 2.45) is 5.92 Å². The molecule has 2 aromatic carbocycles. The second-order valence-corrected chi connectivity index (χ2v) is 7.03. The van der Waals surface area contributed by atoms with Crippen molar-refractivity contribution in [3.05, 3.63) is 107 Å². The van der Waals surface area contributed by atoms with Gasteiger partial charge in [-0.1, -0.05) is 78.3 Å². The summed E-state index contributed by atoms with van der Waals surface area (Å²) in [5.41, 5.74) is 8.68. The SMILES string of the molecule is C(#Cc1ccc2c(c1)Cc1cc(C#CC3C=CC=C3)ccc1-2)C1=CCC=C1. The number of allylic oxidation sites excluding steroid dienone is 8. The van der Waals surface area contributed by atoms with Crippen molar-refractivity contribution in [1.29, 1.82) is 0 Å². The van der Waals surface area contributed by atoms with E-state index >= 15 is 0 Å². The summed E-state index contributed by atoms with van der Waals surface area (Å²) in [6.45, 7) is 0. The highest BCUT2D eigenvalue weighted by molar-refractivity contribution is 5.78. The predicted molar refractivity (Wildman–Crippen MR) is 112 cm³/mol. The van der Waals surface area contributed by atoms with Crippen LogP contribution in [-0.2, 0) is 6.42 Å². The van der Waals surface area contributed by atoms with E-state index in [0.717, 1.165) is 29.5 Å². The summed E-state index contributed by atoms with van der Waals surface area (Å²) in [7, 11) is 0. The first kappa shape index (κ1) is 15.7. The monoisotopic (exact) mass is 342 g/mol. The average molecular weight is 342 g/mol. The summed E-state index contributed by atoms with van der Waals surface area (Å²) in [6.07, 6.45) is 16.7. The van der Waals surface area contributed by atoms with Crippen LogP contribution in [0.4, 0.5) is 0 Å². The smallest absolute Gasteiger partial charge is 0.0573 e. The van der Waals surface area contributed by atoms with Crippen LogP contribution in [0, 0.1) is 29.6 Å². The molecule has 0 amide bonds. The van der Waals surface area contributed by atoms with Crippen molar-refractivity contribution < 1.29 is 0 Å². The van der Waals surface area contributed by atoms with Gasteiger partial charge < -0.3 is 0 Å². The number of hydrogen-bond acceptors (Lipinski definition) is 0. The van der Waals surface area contributed by atoms with E-state index in [0.29, 0.717) is 0 Å². The van der Waals surface area contributed by atoms with E-state index in [4.69, 9.17) is 0 Å². The first-order valence-electron chi connectivity index (χ1n) is 9.37. The minimum atomic E-state index is 0.251. The van der Waals surface area contributed by atoms with Gasteiger partial charge in [0.05, 0.1) is 5.92 Å². The molecule has 3 aliphatic carbocycles. The summed E-state index contributed by atoms with van der Waals surface area (Å²) >= 11 is 0. The summed E-state index contributed by atoms with van der Waals surface area (Å²) in [5, 5.41) is 0. The quantitative estimate of drug-likeness (QED) is 0.467. The van der Waals surface area contributed by atoms with E-state index in [1.165, 1.54) is 22.3 Å². The van der Waals surface area contributed by atoms with Gasteiger partial charge in [0.25, 0.3) is 0 Å². The molecule has 126 valence electrons. The molecule has 0 saturated carbocycles. The van der Waals surface area contributed by atoms with Crippen LogP contribution in [0.5, 0.6) is 0 Å². The lowest BCUT2D eigenvalue weighted by Crippen LogP contribution is -1.85. The van der Waals surface area contributed by atoms with Crippen LogP contribution < -0.4 is 0 Å². The van der Waals surface area contributed by atoms with Gasteiger partial charge in [0.1, 0.15) is 0 Å². The Hall–Kier alpha value is -3.48. The van der Waals surface area contributed by atoms with Gasteiger partial charge in [0.15, 0.2) is 0 Å². The number of benzene rings is 2. The van der Waals surface area contributed by atoms with Crippen LogP contribution in [-0.4, -0.2) is 0 Å². The zero-order chi connectivity index (χ0) is 18.1. The molecule has 0 bridgehead atoms. The van der Waals surface area contributed by atoms with E-state index < -0.39 is 0 Å². The summed E-state index contributed by atoms with van der Waals surface area (Å²) < 4.78 is 0. The normalized spacial score (nSPS) is 15.6. The average Bonchev–Trinajstić information content (AvgIpc) is 3.44. The fraction of sp³-hybridized carbons (Fsp3) is 0.111. The minimum Gasteiger partial charge on any atom is -0.0861 e. The van der Waals surface area contributed by atoms with E-state index in [1.54, 1.807) is 0 Å². The molecule has 0 heterocycles. The molecule has 0 atom stereocenters. The molecule has 0 aliphatic heterocycles. The molecule has 0 saturated heterocycles. The molecule has 3 aliphatic rings. The maximum Gasteiger partial charge on any atom is 0.0573 e. The van der Waals surface area contributed by atoms with Crippen LogP contribution in [0.3, 0.4) is 0 Å². The lowest BCUT2D eigenvalue weighted by molar-refractivity contribution is 1.15. The maximum absolute atomic E-state index is 3.32. The summed E-state index contributed by atoms with van der Waals surface area (Å²) in [5.74, 6) is 13.4. The molecular weight excluding hydrogens is 324 g/mol. The highest BCUT2D eigenvalue weighted by Crippen LogP contribution is 2.37. The second kappa shape index (κ2) is 6.68. The largest absolute Gasteiger partial charge is 0.0861 e. The van der Waals surface area contributed by atoms with E-state index in [-0.39, 0.29) is 5.92 Å². The van der Waals surface area contributed by atoms with E-state index in [2.05, 4.69) is 103 Å². The Labute approximate surface area is 160 Å². The Bertz CT molecular complexity index is 1160. The molecule has 0 spiro atoms. The highest BCUT2D eigenvalue weighted by Gasteiger charge is 2.18. The molecule has 5 rings (SSSR count). The molecule has 0 radical (unpaired) electrons. The van der Waals surface area contributed by atoms with Crippen molar-refractivity contribution in [2.45, 2.75) is 12.8 Å². The van der Waals surface area contributed by atoms with Gasteiger partial charge in [0, 0.05) is 16.7 Å². The van der Waals surface area contributed by atoms with Crippen LogP contribution in [0.1, 0.15) is 28.7 Å². The molecule has 0 N–H and O–H groups in total. The second-order valence-electron chi connectivity index (χ2n) is 7.03. The van der Waals surface area contributed by atoms with Gasteiger partial charge in [-0.05, 0) is 59.4 Å². The Balaban J connectivity index is 1.40. The maximum atomic E-state index is 3.32. The third kappa shape index (κ3) is 3.19. The Kier molecular flexibility index (Phi) is 3.90. The number of rotatable bonds is 0. The molecule has 27 heavy (non-hydrogen) atoms. The van der Waals surface area contributed by atoms with Crippen LogP contribution in [0.25, 0.3) is 11.1 Å².